The van der Waals surface area contributed by atoms with E-state index in [1.165, 1.54) is 12.1 Å². The van der Waals surface area contributed by atoms with Gasteiger partial charge in [0.2, 0.25) is 0 Å². The minimum atomic E-state index is -0.591. The third-order valence-electron chi connectivity index (χ3n) is 4.62. The maximum Gasteiger partial charge on any atom is 0.124 e. The number of para-hydroxylation sites is 1. The normalized spacial score (nSPS) is 19.0. The number of rotatable bonds is 8. The summed E-state index contributed by atoms with van der Waals surface area (Å²) in [6, 6.07) is 14.1. The minimum Gasteiger partial charge on any atom is -0.496 e. The quantitative estimate of drug-likeness (QED) is 0.769. The SMILES string of the molecule is COc1ccccc1COCC(O)CN1CCOC(c2ccc(F)cc2)C1. The first-order valence-electron chi connectivity index (χ1n) is 9.13. The van der Waals surface area contributed by atoms with Crippen molar-refractivity contribution in [3.8, 4) is 5.75 Å². The first-order valence-corrected chi connectivity index (χ1v) is 9.13. The fraction of sp³-hybridized carbons (Fsp3) is 0.429. The number of benzene rings is 2. The smallest absolute Gasteiger partial charge is 0.124 e. The van der Waals surface area contributed by atoms with Gasteiger partial charge in [-0.25, -0.2) is 4.39 Å². The molecular weight excluding hydrogens is 349 g/mol. The van der Waals surface area contributed by atoms with Crippen LogP contribution in [-0.2, 0) is 16.1 Å². The van der Waals surface area contributed by atoms with Gasteiger partial charge in [0, 0.05) is 25.2 Å². The van der Waals surface area contributed by atoms with Crippen molar-refractivity contribution in [2.45, 2.75) is 18.8 Å². The Morgan fingerprint density at radius 3 is 2.78 bits per heavy atom. The number of hydrogen-bond donors (Lipinski definition) is 1. The summed E-state index contributed by atoms with van der Waals surface area (Å²) in [7, 11) is 1.63. The lowest BCUT2D eigenvalue weighted by molar-refractivity contribution is -0.0537. The van der Waals surface area contributed by atoms with Gasteiger partial charge in [0.15, 0.2) is 0 Å². The molecule has 3 rings (SSSR count). The topological polar surface area (TPSA) is 51.2 Å². The maximum atomic E-state index is 13.1. The molecule has 0 saturated carbocycles. The Bertz CT molecular complexity index is 710. The zero-order valence-electron chi connectivity index (χ0n) is 15.5. The van der Waals surface area contributed by atoms with E-state index in [0.29, 0.717) is 26.3 Å². The second-order valence-electron chi connectivity index (χ2n) is 6.65. The van der Waals surface area contributed by atoms with Gasteiger partial charge in [-0.3, -0.25) is 4.90 Å². The van der Waals surface area contributed by atoms with E-state index in [0.717, 1.165) is 23.4 Å². The number of morpholine rings is 1. The average Bonchev–Trinajstić information content (AvgIpc) is 2.69. The highest BCUT2D eigenvalue weighted by Crippen LogP contribution is 2.23. The Morgan fingerprint density at radius 1 is 1.22 bits per heavy atom. The van der Waals surface area contributed by atoms with Crippen molar-refractivity contribution in [3.63, 3.8) is 0 Å². The number of aliphatic hydroxyl groups is 1. The lowest BCUT2D eigenvalue weighted by Crippen LogP contribution is -2.43. The van der Waals surface area contributed by atoms with Crippen molar-refractivity contribution < 1.29 is 23.7 Å². The lowest BCUT2D eigenvalue weighted by Gasteiger charge is -2.34. The molecule has 2 aromatic rings. The van der Waals surface area contributed by atoms with Gasteiger partial charge < -0.3 is 19.3 Å². The molecule has 0 radical (unpaired) electrons. The summed E-state index contributed by atoms with van der Waals surface area (Å²) in [5, 5.41) is 10.3. The molecular formula is C21H26FNO4. The van der Waals surface area contributed by atoms with Gasteiger partial charge in [-0.05, 0) is 23.8 Å². The van der Waals surface area contributed by atoms with E-state index in [-0.39, 0.29) is 18.5 Å². The number of nitrogens with zero attached hydrogens (tertiary/aromatic N) is 1. The van der Waals surface area contributed by atoms with Crippen LogP contribution in [0.4, 0.5) is 4.39 Å². The van der Waals surface area contributed by atoms with Crippen LogP contribution >= 0.6 is 0 Å². The average molecular weight is 375 g/mol. The third-order valence-corrected chi connectivity index (χ3v) is 4.62. The van der Waals surface area contributed by atoms with Crippen LogP contribution in [0.5, 0.6) is 5.75 Å². The molecule has 0 amide bonds. The second-order valence-corrected chi connectivity index (χ2v) is 6.65. The van der Waals surface area contributed by atoms with Crippen LogP contribution in [0.3, 0.4) is 0 Å². The molecule has 1 fully saturated rings. The highest BCUT2D eigenvalue weighted by atomic mass is 19.1. The van der Waals surface area contributed by atoms with Crippen molar-refractivity contribution in [1.29, 1.82) is 0 Å². The molecule has 0 spiro atoms. The molecule has 0 aromatic heterocycles. The van der Waals surface area contributed by atoms with Crippen LogP contribution in [-0.4, -0.2) is 56.1 Å². The Kier molecular flexibility index (Phi) is 7.18. The first kappa shape index (κ1) is 19.8. The van der Waals surface area contributed by atoms with Crippen LogP contribution in [0.1, 0.15) is 17.2 Å². The van der Waals surface area contributed by atoms with E-state index in [1.807, 2.05) is 24.3 Å². The van der Waals surface area contributed by atoms with E-state index in [4.69, 9.17) is 14.2 Å². The van der Waals surface area contributed by atoms with E-state index >= 15 is 0 Å². The molecule has 1 N–H and O–H groups in total. The van der Waals surface area contributed by atoms with Crippen molar-refractivity contribution in [1.82, 2.24) is 4.90 Å². The van der Waals surface area contributed by atoms with Crippen molar-refractivity contribution >= 4 is 0 Å². The van der Waals surface area contributed by atoms with Gasteiger partial charge in [-0.1, -0.05) is 30.3 Å². The van der Waals surface area contributed by atoms with Crippen molar-refractivity contribution in [2.24, 2.45) is 0 Å². The molecule has 2 aromatic carbocycles. The summed E-state index contributed by atoms with van der Waals surface area (Å²) in [5.74, 6) is 0.524. The molecule has 2 atom stereocenters. The summed E-state index contributed by atoms with van der Waals surface area (Å²) in [6.07, 6.45) is -0.701. The predicted molar refractivity (Wildman–Crippen MR) is 100 cm³/mol. The highest BCUT2D eigenvalue weighted by Gasteiger charge is 2.23. The summed E-state index contributed by atoms with van der Waals surface area (Å²) in [4.78, 5) is 2.15. The van der Waals surface area contributed by atoms with Gasteiger partial charge in [-0.2, -0.15) is 0 Å². The predicted octanol–water partition coefficient (Wildman–Crippen LogP) is 2.79. The van der Waals surface area contributed by atoms with E-state index in [2.05, 4.69) is 4.90 Å². The lowest BCUT2D eigenvalue weighted by atomic mass is 10.1. The molecule has 2 unspecified atom stereocenters. The van der Waals surface area contributed by atoms with Gasteiger partial charge >= 0.3 is 0 Å². The number of halogens is 1. The molecule has 1 aliphatic heterocycles. The maximum absolute atomic E-state index is 13.1. The van der Waals surface area contributed by atoms with E-state index in [9.17, 15) is 9.50 Å². The zero-order chi connectivity index (χ0) is 19.1. The van der Waals surface area contributed by atoms with Gasteiger partial charge in [0.25, 0.3) is 0 Å². The molecule has 27 heavy (non-hydrogen) atoms. The Balaban J connectivity index is 1.44. The molecule has 146 valence electrons. The highest BCUT2D eigenvalue weighted by molar-refractivity contribution is 5.32. The molecule has 5 nitrogen and oxygen atoms in total. The largest absolute Gasteiger partial charge is 0.496 e. The summed E-state index contributed by atoms with van der Waals surface area (Å²) < 4.78 is 29.8. The number of hydrogen-bond acceptors (Lipinski definition) is 5. The second kappa shape index (κ2) is 9.80. The fourth-order valence-electron chi connectivity index (χ4n) is 3.23. The third kappa shape index (κ3) is 5.74. The Morgan fingerprint density at radius 2 is 2.00 bits per heavy atom. The standard InChI is InChI=1S/C21H26FNO4/c1-25-20-5-3-2-4-17(20)14-26-15-19(24)12-23-10-11-27-21(13-23)16-6-8-18(22)9-7-16/h2-9,19,21,24H,10-15H2,1H3. The molecule has 1 heterocycles. The minimum absolute atomic E-state index is 0.110. The number of methoxy groups -OCH3 is 1. The van der Waals surface area contributed by atoms with Crippen LogP contribution < -0.4 is 4.74 Å². The van der Waals surface area contributed by atoms with Crippen molar-refractivity contribution in [3.05, 3.63) is 65.5 Å². The van der Waals surface area contributed by atoms with E-state index < -0.39 is 6.10 Å². The molecule has 1 aliphatic rings. The fourth-order valence-corrected chi connectivity index (χ4v) is 3.23. The van der Waals surface area contributed by atoms with Gasteiger partial charge in [-0.15, -0.1) is 0 Å². The summed E-state index contributed by atoms with van der Waals surface area (Å²) in [6.45, 7) is 3.14. The Hall–Kier alpha value is -1.99. The molecule has 0 aliphatic carbocycles. The summed E-state index contributed by atoms with van der Waals surface area (Å²) in [5.41, 5.74) is 1.90. The van der Waals surface area contributed by atoms with Crippen molar-refractivity contribution in [2.75, 3.05) is 40.0 Å². The van der Waals surface area contributed by atoms with Gasteiger partial charge in [0.1, 0.15) is 11.6 Å². The number of aliphatic hydroxyl groups excluding tert-OH is 1. The number of β-amino-alcohol motifs (C(OH)–C–C–N with tert-alkyl or cyclic N) is 1. The van der Waals surface area contributed by atoms with Crippen LogP contribution in [0.2, 0.25) is 0 Å². The molecule has 1 saturated heterocycles. The Labute approximate surface area is 159 Å². The van der Waals surface area contributed by atoms with Crippen LogP contribution in [0.15, 0.2) is 48.5 Å². The molecule has 0 bridgehead atoms. The monoisotopic (exact) mass is 375 g/mol. The summed E-state index contributed by atoms with van der Waals surface area (Å²) >= 11 is 0. The van der Waals surface area contributed by atoms with Gasteiger partial charge in [0.05, 0.1) is 39.1 Å². The number of ether oxygens (including phenoxy) is 3. The molecule has 6 heteroatoms. The van der Waals surface area contributed by atoms with E-state index in [1.54, 1.807) is 19.2 Å². The van der Waals surface area contributed by atoms with Crippen LogP contribution in [0, 0.1) is 5.82 Å². The zero-order valence-corrected chi connectivity index (χ0v) is 15.5. The van der Waals surface area contributed by atoms with Crippen LogP contribution in [0.25, 0.3) is 0 Å². The first-order chi connectivity index (χ1) is 13.2.